The van der Waals surface area contributed by atoms with Crippen molar-refractivity contribution in [2.24, 2.45) is 0 Å². The predicted octanol–water partition coefficient (Wildman–Crippen LogP) is 13.9. The molecule has 0 N–H and O–H groups in total. The largest absolute Gasteiger partial charge is 0.0801 e. The molecule has 0 saturated heterocycles. The van der Waals surface area contributed by atoms with Gasteiger partial charge in [-0.25, -0.2) is 0 Å². The maximum atomic E-state index is 2.53. The molecule has 1 atom stereocenters. The molecule has 53 heavy (non-hydrogen) atoms. The normalized spacial score (nSPS) is 18.1. The molecule has 7 aromatic rings. The summed E-state index contributed by atoms with van der Waals surface area (Å²) in [5, 5.41) is 5.31. The zero-order valence-corrected chi connectivity index (χ0v) is 31.3. The summed E-state index contributed by atoms with van der Waals surface area (Å²) in [5.41, 5.74) is 20.4. The maximum Gasteiger partial charge on any atom is 0.0224 e. The summed E-state index contributed by atoms with van der Waals surface area (Å²) in [4.78, 5) is 0. The molecule has 0 amide bonds. The van der Waals surface area contributed by atoms with E-state index in [1.54, 1.807) is 0 Å². The highest BCUT2D eigenvalue weighted by Gasteiger charge is 2.43. The first-order chi connectivity index (χ1) is 25.8. The average molecular weight is 681 g/mol. The summed E-state index contributed by atoms with van der Waals surface area (Å²) < 4.78 is 0. The molecule has 7 aromatic carbocycles. The van der Waals surface area contributed by atoms with Crippen LogP contribution in [0, 0.1) is 13.8 Å². The lowest BCUT2D eigenvalue weighted by Crippen LogP contribution is -2.24. The topological polar surface area (TPSA) is 0 Å². The Labute approximate surface area is 313 Å². The maximum absolute atomic E-state index is 2.53. The summed E-state index contributed by atoms with van der Waals surface area (Å²) in [7, 11) is 0. The second-order valence-electron chi connectivity index (χ2n) is 16.3. The Morgan fingerprint density at radius 1 is 0.528 bits per heavy atom. The number of benzene rings is 7. The highest BCUT2D eigenvalue weighted by atomic mass is 14.5. The van der Waals surface area contributed by atoms with Gasteiger partial charge in [-0.1, -0.05) is 166 Å². The van der Waals surface area contributed by atoms with Crippen LogP contribution in [0.1, 0.15) is 71.7 Å². The van der Waals surface area contributed by atoms with Crippen LogP contribution in [0.3, 0.4) is 0 Å². The molecular weight excluding hydrogens is 637 g/mol. The molecule has 0 heterocycles. The standard InChI is InChI=1S/C53H44/c1-33-26-28-41(39-18-8-6-16-37(33)39)43-21-11-15-25-50-51(43)44-22-12-14-24-49(44)53(50,5)32-36-31-45(40-19-9-7-17-38(40)34(36)2)35-27-29-48-46(30-35)42-20-10-13-23-47(42)52(48,3)4/h6-14,16-31H,15,32H2,1-5H3. The third-order valence-corrected chi connectivity index (χ3v) is 13.0. The van der Waals surface area contributed by atoms with Gasteiger partial charge in [0.25, 0.3) is 0 Å². The monoisotopic (exact) mass is 680 g/mol. The van der Waals surface area contributed by atoms with Gasteiger partial charge < -0.3 is 0 Å². The van der Waals surface area contributed by atoms with E-state index < -0.39 is 0 Å². The fourth-order valence-corrected chi connectivity index (χ4v) is 10.2. The first-order valence-electron chi connectivity index (χ1n) is 19.2. The molecule has 0 radical (unpaired) electrons. The van der Waals surface area contributed by atoms with Crippen molar-refractivity contribution in [1.82, 2.24) is 0 Å². The third-order valence-electron chi connectivity index (χ3n) is 13.0. The number of hydrogen-bond acceptors (Lipinski definition) is 0. The van der Waals surface area contributed by atoms with Crippen molar-refractivity contribution in [3.63, 3.8) is 0 Å². The SMILES string of the molecule is Cc1ccc(C2=C3C(=CCC=C2)C(C)(Cc2cc(-c4ccc5c(c4)-c4ccccc4C5(C)C)c4ccccc4c2C)c2ccccc23)c2ccccc12. The molecule has 0 aromatic heterocycles. The van der Waals surface area contributed by atoms with E-state index in [4.69, 9.17) is 0 Å². The Hall–Kier alpha value is -5.72. The first kappa shape index (κ1) is 32.0. The van der Waals surface area contributed by atoms with Crippen molar-refractivity contribution in [3.8, 4) is 22.3 Å². The second kappa shape index (κ2) is 11.6. The Morgan fingerprint density at radius 3 is 1.96 bits per heavy atom. The smallest absolute Gasteiger partial charge is 0.0224 e. The molecule has 0 nitrogen and oxygen atoms in total. The second-order valence-corrected chi connectivity index (χ2v) is 16.3. The number of aryl methyl sites for hydroxylation is 2. The van der Waals surface area contributed by atoms with Crippen molar-refractivity contribution in [1.29, 1.82) is 0 Å². The summed E-state index contributed by atoms with van der Waals surface area (Å²) in [6.07, 6.45) is 9.12. The molecule has 0 heteroatoms. The van der Waals surface area contributed by atoms with Crippen LogP contribution in [-0.2, 0) is 17.3 Å². The summed E-state index contributed by atoms with van der Waals surface area (Å²) in [5.74, 6) is 0. The Morgan fingerprint density at radius 2 is 1.17 bits per heavy atom. The Balaban J connectivity index is 1.16. The Kier molecular flexibility index (Phi) is 7.02. The van der Waals surface area contributed by atoms with E-state index in [1.165, 1.54) is 105 Å². The molecule has 0 bridgehead atoms. The van der Waals surface area contributed by atoms with Crippen LogP contribution < -0.4 is 0 Å². The quantitative estimate of drug-likeness (QED) is 0.174. The van der Waals surface area contributed by atoms with E-state index in [0.717, 1.165) is 12.8 Å². The predicted molar refractivity (Wildman–Crippen MR) is 227 cm³/mol. The highest BCUT2D eigenvalue weighted by Crippen LogP contribution is 2.56. The van der Waals surface area contributed by atoms with Gasteiger partial charge in [0.2, 0.25) is 0 Å². The van der Waals surface area contributed by atoms with Crippen molar-refractivity contribution < 1.29 is 0 Å². The van der Waals surface area contributed by atoms with Crippen LogP contribution in [0.15, 0.2) is 157 Å². The lowest BCUT2D eigenvalue weighted by molar-refractivity contribution is 0.580. The zero-order valence-electron chi connectivity index (χ0n) is 31.3. The van der Waals surface area contributed by atoms with Gasteiger partial charge >= 0.3 is 0 Å². The number of fused-ring (bicyclic) bond motifs is 8. The van der Waals surface area contributed by atoms with Gasteiger partial charge in [0.05, 0.1) is 0 Å². The average Bonchev–Trinajstić information content (AvgIpc) is 3.41. The molecule has 0 saturated carbocycles. The van der Waals surface area contributed by atoms with Gasteiger partial charge in [-0.05, 0) is 138 Å². The molecule has 256 valence electrons. The fourth-order valence-electron chi connectivity index (χ4n) is 10.2. The van der Waals surface area contributed by atoms with E-state index in [-0.39, 0.29) is 10.8 Å². The molecule has 3 aliphatic carbocycles. The van der Waals surface area contributed by atoms with Gasteiger partial charge in [0.15, 0.2) is 0 Å². The van der Waals surface area contributed by atoms with E-state index in [0.29, 0.717) is 0 Å². The minimum Gasteiger partial charge on any atom is -0.0801 e. The van der Waals surface area contributed by atoms with Gasteiger partial charge in [-0.2, -0.15) is 0 Å². The van der Waals surface area contributed by atoms with E-state index in [1.807, 2.05) is 0 Å². The zero-order chi connectivity index (χ0) is 36.1. The minimum absolute atomic E-state index is 0.00828. The molecular formula is C53H44. The number of rotatable bonds is 4. The molecule has 3 aliphatic rings. The molecule has 0 aliphatic heterocycles. The lowest BCUT2D eigenvalue weighted by atomic mass is 9.73. The van der Waals surface area contributed by atoms with Gasteiger partial charge in [-0.15, -0.1) is 0 Å². The van der Waals surface area contributed by atoms with E-state index >= 15 is 0 Å². The molecule has 1 unspecified atom stereocenters. The van der Waals surface area contributed by atoms with Gasteiger partial charge in [0.1, 0.15) is 0 Å². The fraction of sp³-hybridized carbons (Fsp3) is 0.170. The van der Waals surface area contributed by atoms with E-state index in [9.17, 15) is 0 Å². The van der Waals surface area contributed by atoms with Crippen LogP contribution in [0.4, 0.5) is 0 Å². The molecule has 0 fully saturated rings. The summed E-state index contributed by atoms with van der Waals surface area (Å²) in [6, 6.07) is 50.6. The van der Waals surface area contributed by atoms with Crippen LogP contribution in [0.5, 0.6) is 0 Å². The van der Waals surface area contributed by atoms with Crippen LogP contribution in [0.25, 0.3) is 54.9 Å². The molecule has 10 rings (SSSR count). The van der Waals surface area contributed by atoms with Crippen molar-refractivity contribution in [3.05, 3.63) is 202 Å². The van der Waals surface area contributed by atoms with Crippen molar-refractivity contribution >= 4 is 32.7 Å². The van der Waals surface area contributed by atoms with Crippen LogP contribution >= 0.6 is 0 Å². The van der Waals surface area contributed by atoms with Gasteiger partial charge in [-0.3, -0.25) is 0 Å². The van der Waals surface area contributed by atoms with Crippen molar-refractivity contribution in [2.75, 3.05) is 0 Å². The molecule has 0 spiro atoms. The highest BCUT2D eigenvalue weighted by molar-refractivity contribution is 6.12. The van der Waals surface area contributed by atoms with Crippen molar-refractivity contribution in [2.45, 2.75) is 58.3 Å². The minimum atomic E-state index is -0.199. The number of allylic oxidation sites excluding steroid dienone is 6. The summed E-state index contributed by atoms with van der Waals surface area (Å²) >= 11 is 0. The van der Waals surface area contributed by atoms with Crippen LogP contribution in [-0.4, -0.2) is 0 Å². The first-order valence-corrected chi connectivity index (χ1v) is 19.2. The number of hydrogen-bond donors (Lipinski definition) is 0. The summed E-state index contributed by atoms with van der Waals surface area (Å²) in [6.45, 7) is 11.8. The lowest BCUT2D eigenvalue weighted by Gasteiger charge is -2.30. The van der Waals surface area contributed by atoms with Crippen LogP contribution in [0.2, 0.25) is 0 Å². The van der Waals surface area contributed by atoms with Gasteiger partial charge in [0, 0.05) is 10.8 Å². The third kappa shape index (κ3) is 4.61. The Bertz CT molecular complexity index is 2780. The van der Waals surface area contributed by atoms with E-state index in [2.05, 4.69) is 186 Å².